The zero-order valence-corrected chi connectivity index (χ0v) is 13.0. The highest BCUT2D eigenvalue weighted by molar-refractivity contribution is 5.82. The predicted molar refractivity (Wildman–Crippen MR) is 80.5 cm³/mol. The monoisotopic (exact) mass is 282 g/mol. The Morgan fingerprint density at radius 3 is 2.25 bits per heavy atom. The van der Waals surface area contributed by atoms with Crippen molar-refractivity contribution in [2.24, 2.45) is 5.92 Å². The summed E-state index contributed by atoms with van der Waals surface area (Å²) in [4.78, 5) is 15.0. The molecule has 1 aliphatic carbocycles. The van der Waals surface area contributed by atoms with E-state index in [0.717, 1.165) is 38.8 Å². The third kappa shape index (κ3) is 4.19. The fraction of sp³-hybridized carbons (Fsp3) is 0.938. The van der Waals surface area contributed by atoms with Crippen LogP contribution < -0.4 is 5.32 Å². The number of nitrogens with one attached hydrogen (secondary N) is 1. The Hall–Kier alpha value is -0.610. The highest BCUT2D eigenvalue weighted by Gasteiger charge is 2.31. The van der Waals surface area contributed by atoms with E-state index < -0.39 is 0 Å². The number of hydrogen-bond acceptors (Lipinski definition) is 3. The normalized spacial score (nSPS) is 30.2. The van der Waals surface area contributed by atoms with Crippen LogP contribution >= 0.6 is 0 Å². The Bertz CT molecular complexity index is 306. The molecule has 1 heterocycles. The molecule has 0 bridgehead atoms. The van der Waals surface area contributed by atoms with E-state index in [9.17, 15) is 9.90 Å². The number of aliphatic hydroxyl groups is 1. The molecule has 1 atom stereocenters. The van der Waals surface area contributed by atoms with Crippen molar-refractivity contribution in [3.63, 3.8) is 0 Å². The van der Waals surface area contributed by atoms with E-state index in [1.807, 2.05) is 0 Å². The Balaban J connectivity index is 1.89. The van der Waals surface area contributed by atoms with Gasteiger partial charge in [0.05, 0.1) is 12.1 Å². The lowest BCUT2D eigenvalue weighted by molar-refractivity contribution is -0.129. The van der Waals surface area contributed by atoms with Crippen molar-refractivity contribution in [2.75, 3.05) is 13.1 Å². The standard InChI is InChI=1S/C16H30N2O2/c1-12(2)15(18-10-4-3-5-11-18)16(20)17-13-6-8-14(19)9-7-13/h12-15,19H,3-11H2,1-2H3,(H,17,20). The summed E-state index contributed by atoms with van der Waals surface area (Å²) in [5, 5.41) is 12.8. The molecule has 2 rings (SSSR count). The molecule has 0 aromatic rings. The first-order valence-corrected chi connectivity index (χ1v) is 8.30. The molecular weight excluding hydrogens is 252 g/mol. The lowest BCUT2D eigenvalue weighted by Crippen LogP contribution is -2.54. The van der Waals surface area contributed by atoms with Gasteiger partial charge in [-0.05, 0) is 57.5 Å². The van der Waals surface area contributed by atoms with Crippen LogP contribution in [0.3, 0.4) is 0 Å². The number of rotatable bonds is 4. The number of carbonyl (C=O) groups excluding carboxylic acids is 1. The van der Waals surface area contributed by atoms with E-state index in [1.54, 1.807) is 0 Å². The number of likely N-dealkylation sites (tertiary alicyclic amines) is 1. The Kier molecular flexibility index (Phi) is 5.85. The first-order valence-electron chi connectivity index (χ1n) is 8.30. The summed E-state index contributed by atoms with van der Waals surface area (Å²) in [7, 11) is 0. The van der Waals surface area contributed by atoms with Gasteiger partial charge in [-0.1, -0.05) is 20.3 Å². The van der Waals surface area contributed by atoms with E-state index in [1.165, 1.54) is 19.3 Å². The van der Waals surface area contributed by atoms with Crippen molar-refractivity contribution in [1.82, 2.24) is 10.2 Å². The van der Waals surface area contributed by atoms with Gasteiger partial charge in [0.15, 0.2) is 0 Å². The van der Waals surface area contributed by atoms with Crippen LogP contribution in [0.2, 0.25) is 0 Å². The maximum atomic E-state index is 12.6. The van der Waals surface area contributed by atoms with Gasteiger partial charge in [-0.2, -0.15) is 0 Å². The molecule has 1 aliphatic heterocycles. The Labute approximate surface area is 122 Å². The van der Waals surface area contributed by atoms with Crippen LogP contribution in [0.4, 0.5) is 0 Å². The van der Waals surface area contributed by atoms with Gasteiger partial charge in [-0.3, -0.25) is 9.69 Å². The van der Waals surface area contributed by atoms with Crippen molar-refractivity contribution in [3.8, 4) is 0 Å². The summed E-state index contributed by atoms with van der Waals surface area (Å²) in [6.07, 6.45) is 7.03. The van der Waals surface area contributed by atoms with Crippen LogP contribution in [-0.4, -0.2) is 47.2 Å². The first-order chi connectivity index (χ1) is 9.58. The van der Waals surface area contributed by atoms with E-state index in [0.29, 0.717) is 5.92 Å². The summed E-state index contributed by atoms with van der Waals surface area (Å²) in [5.74, 6) is 0.547. The van der Waals surface area contributed by atoms with Crippen LogP contribution in [0.5, 0.6) is 0 Å². The van der Waals surface area contributed by atoms with Gasteiger partial charge in [-0.25, -0.2) is 0 Å². The molecule has 0 aromatic carbocycles. The average molecular weight is 282 g/mol. The van der Waals surface area contributed by atoms with Gasteiger partial charge in [0.2, 0.25) is 5.91 Å². The molecule has 2 N–H and O–H groups in total. The van der Waals surface area contributed by atoms with Crippen LogP contribution in [0.15, 0.2) is 0 Å². The molecule has 1 amide bonds. The minimum Gasteiger partial charge on any atom is -0.393 e. The predicted octanol–water partition coefficient (Wildman–Crippen LogP) is 1.92. The molecule has 1 saturated heterocycles. The molecule has 20 heavy (non-hydrogen) atoms. The summed E-state index contributed by atoms with van der Waals surface area (Å²) in [5.41, 5.74) is 0. The second-order valence-corrected chi connectivity index (χ2v) is 6.80. The molecule has 2 fully saturated rings. The number of amides is 1. The molecular formula is C16H30N2O2. The number of piperidine rings is 1. The van der Waals surface area contributed by atoms with Crippen molar-refractivity contribution in [1.29, 1.82) is 0 Å². The topological polar surface area (TPSA) is 52.6 Å². The zero-order chi connectivity index (χ0) is 14.5. The highest BCUT2D eigenvalue weighted by Crippen LogP contribution is 2.21. The van der Waals surface area contributed by atoms with E-state index in [2.05, 4.69) is 24.1 Å². The fourth-order valence-electron chi connectivity index (χ4n) is 3.59. The third-order valence-electron chi connectivity index (χ3n) is 4.73. The van der Waals surface area contributed by atoms with Crippen LogP contribution in [0.1, 0.15) is 58.8 Å². The minimum absolute atomic E-state index is 0.0159. The second kappa shape index (κ2) is 7.41. The summed E-state index contributed by atoms with van der Waals surface area (Å²) in [6.45, 7) is 6.40. The number of aliphatic hydroxyl groups excluding tert-OH is 1. The van der Waals surface area contributed by atoms with Crippen molar-refractivity contribution >= 4 is 5.91 Å². The van der Waals surface area contributed by atoms with Crippen LogP contribution in [-0.2, 0) is 4.79 Å². The van der Waals surface area contributed by atoms with Crippen molar-refractivity contribution in [2.45, 2.75) is 77.0 Å². The molecule has 2 aliphatic rings. The molecule has 0 aromatic heterocycles. The Morgan fingerprint density at radius 1 is 1.10 bits per heavy atom. The molecule has 116 valence electrons. The summed E-state index contributed by atoms with van der Waals surface area (Å²) >= 11 is 0. The SMILES string of the molecule is CC(C)C(C(=O)NC1CCC(O)CC1)N1CCCCC1. The smallest absolute Gasteiger partial charge is 0.237 e. The average Bonchev–Trinajstić information content (AvgIpc) is 2.42. The van der Waals surface area contributed by atoms with Gasteiger partial charge in [-0.15, -0.1) is 0 Å². The number of nitrogens with zero attached hydrogens (tertiary/aromatic N) is 1. The molecule has 0 radical (unpaired) electrons. The van der Waals surface area contributed by atoms with Crippen LogP contribution in [0.25, 0.3) is 0 Å². The van der Waals surface area contributed by atoms with Gasteiger partial charge in [0.25, 0.3) is 0 Å². The summed E-state index contributed by atoms with van der Waals surface area (Å²) < 4.78 is 0. The molecule has 0 spiro atoms. The number of hydrogen-bond donors (Lipinski definition) is 2. The molecule has 1 unspecified atom stereocenters. The summed E-state index contributed by atoms with van der Waals surface area (Å²) in [6, 6.07) is 0.277. The van der Waals surface area contributed by atoms with Gasteiger partial charge < -0.3 is 10.4 Å². The molecule has 1 saturated carbocycles. The van der Waals surface area contributed by atoms with Crippen molar-refractivity contribution in [3.05, 3.63) is 0 Å². The highest BCUT2D eigenvalue weighted by atomic mass is 16.3. The second-order valence-electron chi connectivity index (χ2n) is 6.80. The van der Waals surface area contributed by atoms with Crippen LogP contribution in [0, 0.1) is 5.92 Å². The maximum Gasteiger partial charge on any atom is 0.237 e. The lowest BCUT2D eigenvalue weighted by Gasteiger charge is -2.37. The quantitative estimate of drug-likeness (QED) is 0.828. The first kappa shape index (κ1) is 15.8. The third-order valence-corrected chi connectivity index (χ3v) is 4.73. The van der Waals surface area contributed by atoms with E-state index >= 15 is 0 Å². The maximum absolute atomic E-state index is 12.6. The largest absolute Gasteiger partial charge is 0.393 e. The van der Waals surface area contributed by atoms with Gasteiger partial charge in [0.1, 0.15) is 0 Å². The Morgan fingerprint density at radius 2 is 1.70 bits per heavy atom. The van der Waals surface area contributed by atoms with Crippen molar-refractivity contribution < 1.29 is 9.90 Å². The fourth-order valence-corrected chi connectivity index (χ4v) is 3.59. The zero-order valence-electron chi connectivity index (χ0n) is 13.0. The lowest BCUT2D eigenvalue weighted by atomic mass is 9.92. The molecule has 4 heteroatoms. The van der Waals surface area contributed by atoms with E-state index in [-0.39, 0.29) is 24.1 Å². The van der Waals surface area contributed by atoms with Gasteiger partial charge in [0, 0.05) is 6.04 Å². The number of carbonyl (C=O) groups is 1. The molecule has 4 nitrogen and oxygen atoms in total. The van der Waals surface area contributed by atoms with E-state index in [4.69, 9.17) is 0 Å². The minimum atomic E-state index is -0.161. The van der Waals surface area contributed by atoms with Gasteiger partial charge >= 0.3 is 0 Å².